The van der Waals surface area contributed by atoms with Gasteiger partial charge in [-0.2, -0.15) is 0 Å². The first-order valence-corrected chi connectivity index (χ1v) is 9.84. The summed E-state index contributed by atoms with van der Waals surface area (Å²) >= 11 is 0. The lowest BCUT2D eigenvalue weighted by Gasteiger charge is -2.30. The van der Waals surface area contributed by atoms with Crippen LogP contribution < -0.4 is 9.46 Å². The summed E-state index contributed by atoms with van der Waals surface area (Å²) < 4.78 is 46.7. The van der Waals surface area contributed by atoms with E-state index in [4.69, 9.17) is 4.74 Å². The van der Waals surface area contributed by atoms with Crippen molar-refractivity contribution in [2.45, 2.75) is 36.0 Å². The van der Waals surface area contributed by atoms with Gasteiger partial charge in [0.2, 0.25) is 10.0 Å². The molecule has 0 radical (unpaired) electrons. The highest BCUT2D eigenvalue weighted by atomic mass is 32.2. The van der Waals surface area contributed by atoms with E-state index in [1.807, 2.05) is 24.3 Å². The predicted molar refractivity (Wildman–Crippen MR) is 94.7 cm³/mol. The van der Waals surface area contributed by atoms with Crippen molar-refractivity contribution in [3.8, 4) is 5.75 Å². The Kier molecular flexibility index (Phi) is 5.11. The fourth-order valence-electron chi connectivity index (χ4n) is 3.54. The second-order valence-corrected chi connectivity index (χ2v) is 8.21. The van der Waals surface area contributed by atoms with Crippen molar-refractivity contribution in [1.82, 2.24) is 4.72 Å². The highest BCUT2D eigenvalue weighted by Gasteiger charge is 2.37. The van der Waals surface area contributed by atoms with E-state index < -0.39 is 15.8 Å². The molecule has 0 aliphatic heterocycles. The van der Waals surface area contributed by atoms with Gasteiger partial charge in [-0.15, -0.1) is 0 Å². The molecule has 2 aromatic carbocycles. The smallest absolute Gasteiger partial charge is 0.243 e. The molecular weight excluding hydrogens is 341 g/mol. The summed E-state index contributed by atoms with van der Waals surface area (Å²) in [6.45, 7) is 0.260. The molecule has 134 valence electrons. The molecule has 0 unspecified atom stereocenters. The van der Waals surface area contributed by atoms with Crippen LogP contribution in [0.25, 0.3) is 0 Å². The van der Waals surface area contributed by atoms with Gasteiger partial charge in [-0.05, 0) is 42.7 Å². The number of hydrogen-bond acceptors (Lipinski definition) is 3. The maximum Gasteiger partial charge on any atom is 0.243 e. The van der Waals surface area contributed by atoms with E-state index in [9.17, 15) is 12.8 Å². The Hall–Kier alpha value is -1.92. The first-order valence-electron chi connectivity index (χ1n) is 8.36. The molecular formula is C19H22FNO3S. The second-order valence-electron chi connectivity index (χ2n) is 6.47. The SMILES string of the molecule is COc1ccc(C2(CNS(=O)(=O)c3ccccc3F)CCCC2)cc1. The Bertz CT molecular complexity index is 828. The van der Waals surface area contributed by atoms with Crippen LogP contribution >= 0.6 is 0 Å². The zero-order chi connectivity index (χ0) is 17.9. The van der Waals surface area contributed by atoms with E-state index in [2.05, 4.69) is 4.72 Å². The number of benzene rings is 2. The van der Waals surface area contributed by atoms with E-state index in [1.165, 1.54) is 18.2 Å². The van der Waals surface area contributed by atoms with E-state index >= 15 is 0 Å². The number of halogens is 1. The van der Waals surface area contributed by atoms with Crippen molar-refractivity contribution in [2.24, 2.45) is 0 Å². The van der Waals surface area contributed by atoms with Gasteiger partial charge in [0.15, 0.2) is 0 Å². The van der Waals surface area contributed by atoms with Gasteiger partial charge in [-0.1, -0.05) is 37.1 Å². The van der Waals surface area contributed by atoms with Crippen LogP contribution in [-0.2, 0) is 15.4 Å². The molecule has 1 aliphatic rings. The van der Waals surface area contributed by atoms with Gasteiger partial charge in [0.05, 0.1) is 7.11 Å². The summed E-state index contributed by atoms with van der Waals surface area (Å²) in [5.41, 5.74) is 0.826. The molecule has 0 bridgehead atoms. The minimum Gasteiger partial charge on any atom is -0.497 e. The molecule has 0 aromatic heterocycles. The van der Waals surface area contributed by atoms with Crippen LogP contribution in [0.1, 0.15) is 31.2 Å². The molecule has 0 amide bonds. The molecule has 1 aliphatic carbocycles. The molecule has 0 heterocycles. The minimum atomic E-state index is -3.89. The molecule has 0 spiro atoms. The number of nitrogens with one attached hydrogen (secondary N) is 1. The third-order valence-electron chi connectivity index (χ3n) is 4.99. The van der Waals surface area contributed by atoms with Crippen molar-refractivity contribution >= 4 is 10.0 Å². The van der Waals surface area contributed by atoms with E-state index in [-0.39, 0.29) is 16.9 Å². The van der Waals surface area contributed by atoms with Gasteiger partial charge in [0.25, 0.3) is 0 Å². The zero-order valence-corrected chi connectivity index (χ0v) is 15.0. The highest BCUT2D eigenvalue weighted by molar-refractivity contribution is 7.89. The Labute approximate surface area is 148 Å². The van der Waals surface area contributed by atoms with Gasteiger partial charge in [0.1, 0.15) is 16.5 Å². The summed E-state index contributed by atoms with van der Waals surface area (Å²) in [5.74, 6) is 0.0313. The first kappa shape index (κ1) is 17.9. The number of sulfonamides is 1. The largest absolute Gasteiger partial charge is 0.497 e. The van der Waals surface area contributed by atoms with Crippen molar-refractivity contribution in [2.75, 3.05) is 13.7 Å². The lowest BCUT2D eigenvalue weighted by atomic mass is 9.79. The quantitative estimate of drug-likeness (QED) is 0.853. The second kappa shape index (κ2) is 7.14. The summed E-state index contributed by atoms with van der Waals surface area (Å²) in [6.07, 6.45) is 3.90. The third-order valence-corrected chi connectivity index (χ3v) is 6.42. The maximum absolute atomic E-state index is 13.9. The standard InChI is InChI=1S/C19H22FNO3S/c1-24-16-10-8-15(9-11-16)19(12-4-5-13-19)14-21-25(22,23)18-7-3-2-6-17(18)20/h2-3,6-11,21H,4-5,12-14H2,1H3. The average Bonchev–Trinajstić information content (AvgIpc) is 3.11. The maximum atomic E-state index is 13.9. The van der Waals surface area contributed by atoms with Crippen LogP contribution in [-0.4, -0.2) is 22.1 Å². The summed E-state index contributed by atoms with van der Waals surface area (Å²) in [6, 6.07) is 13.2. The van der Waals surface area contributed by atoms with Gasteiger partial charge < -0.3 is 4.74 Å². The van der Waals surface area contributed by atoms with Gasteiger partial charge in [0, 0.05) is 12.0 Å². The molecule has 1 saturated carbocycles. The molecule has 3 rings (SSSR count). The number of ether oxygens (including phenoxy) is 1. The lowest BCUT2D eigenvalue weighted by Crippen LogP contribution is -2.39. The monoisotopic (exact) mass is 363 g/mol. The van der Waals surface area contributed by atoms with Crippen LogP contribution in [0.5, 0.6) is 5.75 Å². The van der Waals surface area contributed by atoms with Gasteiger partial charge in [-0.25, -0.2) is 17.5 Å². The van der Waals surface area contributed by atoms with Crippen molar-refractivity contribution in [3.05, 3.63) is 59.9 Å². The van der Waals surface area contributed by atoms with Crippen LogP contribution in [0.15, 0.2) is 53.4 Å². The molecule has 0 atom stereocenters. The fourth-order valence-corrected chi connectivity index (χ4v) is 4.74. The average molecular weight is 363 g/mol. The molecule has 0 saturated heterocycles. The number of methoxy groups -OCH3 is 1. The fraction of sp³-hybridized carbons (Fsp3) is 0.368. The van der Waals surface area contributed by atoms with Crippen molar-refractivity contribution in [3.63, 3.8) is 0 Å². The molecule has 6 heteroatoms. The Morgan fingerprint density at radius 1 is 1.08 bits per heavy atom. The summed E-state index contributed by atoms with van der Waals surface area (Å²) in [5, 5.41) is 0. The Balaban J connectivity index is 1.84. The summed E-state index contributed by atoms with van der Waals surface area (Å²) in [7, 11) is -2.27. The van der Waals surface area contributed by atoms with Crippen molar-refractivity contribution < 1.29 is 17.5 Å². The normalized spacial score (nSPS) is 16.7. The Morgan fingerprint density at radius 3 is 2.32 bits per heavy atom. The predicted octanol–water partition coefficient (Wildman–Crippen LogP) is 3.62. The molecule has 2 aromatic rings. The topological polar surface area (TPSA) is 55.4 Å². The molecule has 4 nitrogen and oxygen atoms in total. The van der Waals surface area contributed by atoms with Crippen molar-refractivity contribution in [1.29, 1.82) is 0 Å². The Morgan fingerprint density at radius 2 is 1.72 bits per heavy atom. The highest BCUT2D eigenvalue weighted by Crippen LogP contribution is 2.41. The van der Waals surface area contributed by atoms with Crippen LogP contribution in [0.3, 0.4) is 0 Å². The molecule has 25 heavy (non-hydrogen) atoms. The third kappa shape index (κ3) is 3.70. The van der Waals surface area contributed by atoms with Gasteiger partial charge in [-0.3, -0.25) is 0 Å². The van der Waals surface area contributed by atoms with E-state index in [0.29, 0.717) is 0 Å². The van der Waals surface area contributed by atoms with Crippen LogP contribution in [0.2, 0.25) is 0 Å². The lowest BCUT2D eigenvalue weighted by molar-refractivity contribution is 0.410. The number of hydrogen-bond donors (Lipinski definition) is 1. The summed E-state index contributed by atoms with van der Waals surface area (Å²) in [4.78, 5) is -0.308. The van der Waals surface area contributed by atoms with Gasteiger partial charge >= 0.3 is 0 Å². The van der Waals surface area contributed by atoms with E-state index in [0.717, 1.165) is 43.1 Å². The molecule has 1 N–H and O–H groups in total. The van der Waals surface area contributed by atoms with Crippen LogP contribution in [0, 0.1) is 5.82 Å². The van der Waals surface area contributed by atoms with Crippen LogP contribution in [0.4, 0.5) is 4.39 Å². The molecule has 1 fully saturated rings. The number of rotatable bonds is 6. The zero-order valence-electron chi connectivity index (χ0n) is 14.2. The first-order chi connectivity index (χ1) is 12.0. The van der Waals surface area contributed by atoms with E-state index in [1.54, 1.807) is 7.11 Å². The minimum absolute atomic E-state index is 0.259.